The lowest BCUT2D eigenvalue weighted by molar-refractivity contribution is -0.128. The largest absolute Gasteiger partial charge is 0.493 e. The SMILES string of the molecule is COc1ccc(/C=C/C(=O)C(C(=O)/C=C/c2ccc(OC)c(OC)c2)C(N)c2ccccc2F)cc1OC. The van der Waals surface area contributed by atoms with Gasteiger partial charge in [-0.05, 0) is 53.6 Å². The number of benzene rings is 3. The molecule has 38 heavy (non-hydrogen) atoms. The molecule has 0 radical (unpaired) electrons. The lowest BCUT2D eigenvalue weighted by Crippen LogP contribution is -2.33. The van der Waals surface area contributed by atoms with Crippen molar-refractivity contribution in [3.8, 4) is 23.0 Å². The van der Waals surface area contributed by atoms with Crippen LogP contribution in [0.3, 0.4) is 0 Å². The number of carbonyl (C=O) groups is 2. The second-order valence-electron chi connectivity index (χ2n) is 8.23. The molecule has 0 bridgehead atoms. The molecule has 3 aromatic carbocycles. The normalized spacial score (nSPS) is 12.1. The van der Waals surface area contributed by atoms with Crippen molar-refractivity contribution in [2.45, 2.75) is 6.04 Å². The molecule has 0 aromatic heterocycles. The summed E-state index contributed by atoms with van der Waals surface area (Å²) in [5, 5.41) is 0. The highest BCUT2D eigenvalue weighted by Crippen LogP contribution is 2.30. The van der Waals surface area contributed by atoms with E-state index in [1.165, 1.54) is 70.9 Å². The van der Waals surface area contributed by atoms with Crippen LogP contribution < -0.4 is 24.7 Å². The lowest BCUT2D eigenvalue weighted by Gasteiger charge is -2.20. The summed E-state index contributed by atoms with van der Waals surface area (Å²) in [5.41, 5.74) is 7.67. The quantitative estimate of drug-likeness (QED) is 0.264. The Labute approximate surface area is 221 Å². The van der Waals surface area contributed by atoms with Crippen LogP contribution in [-0.4, -0.2) is 40.0 Å². The lowest BCUT2D eigenvalue weighted by atomic mass is 9.85. The van der Waals surface area contributed by atoms with E-state index in [1.54, 1.807) is 42.5 Å². The maximum absolute atomic E-state index is 14.5. The molecule has 3 aromatic rings. The molecule has 0 aliphatic rings. The molecule has 198 valence electrons. The van der Waals surface area contributed by atoms with Gasteiger partial charge in [0.25, 0.3) is 0 Å². The van der Waals surface area contributed by atoms with Gasteiger partial charge in [-0.15, -0.1) is 0 Å². The average molecular weight is 520 g/mol. The molecule has 0 saturated carbocycles. The van der Waals surface area contributed by atoms with Gasteiger partial charge in [0.15, 0.2) is 34.6 Å². The van der Waals surface area contributed by atoms with E-state index in [2.05, 4.69) is 0 Å². The summed E-state index contributed by atoms with van der Waals surface area (Å²) in [6.45, 7) is 0. The molecule has 1 atom stereocenters. The number of carbonyl (C=O) groups excluding carboxylic acids is 2. The van der Waals surface area contributed by atoms with Crippen molar-refractivity contribution < 1.29 is 32.9 Å². The first-order chi connectivity index (χ1) is 18.3. The second-order valence-corrected chi connectivity index (χ2v) is 8.23. The minimum absolute atomic E-state index is 0.0678. The minimum atomic E-state index is -1.36. The molecule has 0 aliphatic heterocycles. The summed E-state index contributed by atoms with van der Waals surface area (Å²) >= 11 is 0. The van der Waals surface area contributed by atoms with Crippen molar-refractivity contribution in [1.82, 2.24) is 0 Å². The molecule has 0 fully saturated rings. The van der Waals surface area contributed by atoms with E-state index < -0.39 is 29.3 Å². The Morgan fingerprint density at radius 1 is 0.711 bits per heavy atom. The van der Waals surface area contributed by atoms with Gasteiger partial charge in [0.05, 0.1) is 28.4 Å². The van der Waals surface area contributed by atoms with E-state index in [1.807, 2.05) is 0 Å². The summed E-state index contributed by atoms with van der Waals surface area (Å²) in [6.07, 6.45) is 5.59. The highest BCUT2D eigenvalue weighted by atomic mass is 19.1. The molecule has 0 saturated heterocycles. The monoisotopic (exact) mass is 519 g/mol. The van der Waals surface area contributed by atoms with Crippen LogP contribution in [0.1, 0.15) is 22.7 Å². The maximum Gasteiger partial charge on any atom is 0.168 e. The van der Waals surface area contributed by atoms with Crippen LogP contribution >= 0.6 is 0 Å². The average Bonchev–Trinajstić information content (AvgIpc) is 2.94. The zero-order valence-electron chi connectivity index (χ0n) is 21.6. The van der Waals surface area contributed by atoms with Crippen molar-refractivity contribution in [3.05, 3.63) is 95.3 Å². The van der Waals surface area contributed by atoms with E-state index in [4.69, 9.17) is 24.7 Å². The number of hydrogen-bond acceptors (Lipinski definition) is 7. The molecule has 3 rings (SSSR count). The summed E-state index contributed by atoms with van der Waals surface area (Å²) in [4.78, 5) is 26.6. The third-order valence-electron chi connectivity index (χ3n) is 5.93. The van der Waals surface area contributed by atoms with Crippen LogP contribution in [0.5, 0.6) is 23.0 Å². The van der Waals surface area contributed by atoms with Crippen LogP contribution in [0.15, 0.2) is 72.8 Å². The standard InChI is InChI=1S/C30H30FNO6/c1-35-25-15-11-19(17-27(25)37-3)9-13-23(33)29(30(32)21-7-5-6-8-22(21)31)24(34)14-10-20-12-16-26(36-2)28(18-20)38-4/h5-18,29-30H,32H2,1-4H3/b13-9+,14-10+. The predicted octanol–water partition coefficient (Wildman–Crippen LogP) is 5.04. The van der Waals surface area contributed by atoms with Crippen molar-refractivity contribution in [3.63, 3.8) is 0 Å². The highest BCUT2D eigenvalue weighted by molar-refractivity contribution is 6.14. The van der Waals surface area contributed by atoms with Gasteiger partial charge in [0, 0.05) is 11.6 Å². The Kier molecular flexibility index (Phi) is 9.79. The fraction of sp³-hybridized carbons (Fsp3) is 0.200. The topological polar surface area (TPSA) is 97.1 Å². The number of ketones is 2. The molecule has 0 heterocycles. The number of rotatable bonds is 12. The first-order valence-electron chi connectivity index (χ1n) is 11.7. The van der Waals surface area contributed by atoms with Crippen molar-refractivity contribution in [2.75, 3.05) is 28.4 Å². The van der Waals surface area contributed by atoms with Gasteiger partial charge in [-0.2, -0.15) is 0 Å². The van der Waals surface area contributed by atoms with Gasteiger partial charge in [0.1, 0.15) is 11.7 Å². The molecule has 0 amide bonds. The molecular weight excluding hydrogens is 489 g/mol. The minimum Gasteiger partial charge on any atom is -0.493 e. The first-order valence-corrected chi connectivity index (χ1v) is 11.7. The Morgan fingerprint density at radius 2 is 1.16 bits per heavy atom. The summed E-state index contributed by atoms with van der Waals surface area (Å²) in [6, 6.07) is 14.8. The van der Waals surface area contributed by atoms with E-state index in [-0.39, 0.29) is 5.56 Å². The molecule has 0 aliphatic carbocycles. The summed E-state index contributed by atoms with van der Waals surface area (Å²) in [5.74, 6) is -1.07. The highest BCUT2D eigenvalue weighted by Gasteiger charge is 2.32. The fourth-order valence-electron chi connectivity index (χ4n) is 3.90. The van der Waals surface area contributed by atoms with Crippen LogP contribution in [0.25, 0.3) is 12.2 Å². The van der Waals surface area contributed by atoms with Gasteiger partial charge in [-0.25, -0.2) is 4.39 Å². The van der Waals surface area contributed by atoms with Gasteiger partial charge < -0.3 is 24.7 Å². The molecular formula is C30H30FNO6. The van der Waals surface area contributed by atoms with Gasteiger partial charge in [-0.3, -0.25) is 9.59 Å². The van der Waals surface area contributed by atoms with Gasteiger partial charge in [-0.1, -0.05) is 42.5 Å². The molecule has 0 spiro atoms. The number of halogens is 1. The van der Waals surface area contributed by atoms with Crippen LogP contribution in [0, 0.1) is 11.7 Å². The maximum atomic E-state index is 14.5. The molecule has 8 heteroatoms. The van der Waals surface area contributed by atoms with Gasteiger partial charge in [0.2, 0.25) is 0 Å². The number of methoxy groups -OCH3 is 4. The number of ether oxygens (including phenoxy) is 4. The van der Waals surface area contributed by atoms with Crippen LogP contribution in [0.4, 0.5) is 4.39 Å². The zero-order valence-corrected chi connectivity index (χ0v) is 21.6. The third kappa shape index (κ3) is 6.66. The van der Waals surface area contributed by atoms with Crippen LogP contribution in [0.2, 0.25) is 0 Å². The van der Waals surface area contributed by atoms with Crippen molar-refractivity contribution in [1.29, 1.82) is 0 Å². The van der Waals surface area contributed by atoms with Gasteiger partial charge >= 0.3 is 0 Å². The van der Waals surface area contributed by atoms with E-state index in [0.717, 1.165) is 0 Å². The number of allylic oxidation sites excluding steroid dienone is 2. The summed E-state index contributed by atoms with van der Waals surface area (Å²) in [7, 11) is 6.05. The van der Waals surface area contributed by atoms with Crippen molar-refractivity contribution in [2.24, 2.45) is 11.7 Å². The van der Waals surface area contributed by atoms with E-state index in [9.17, 15) is 14.0 Å². The first kappa shape index (κ1) is 28.1. The Hall–Kier alpha value is -4.43. The Morgan fingerprint density at radius 3 is 1.58 bits per heavy atom. The van der Waals surface area contributed by atoms with Crippen LogP contribution in [-0.2, 0) is 9.59 Å². The van der Waals surface area contributed by atoms with E-state index >= 15 is 0 Å². The smallest absolute Gasteiger partial charge is 0.168 e. The van der Waals surface area contributed by atoms with Crippen molar-refractivity contribution >= 4 is 23.7 Å². The molecule has 2 N–H and O–H groups in total. The summed E-state index contributed by atoms with van der Waals surface area (Å²) < 4.78 is 35.6. The molecule has 7 nitrogen and oxygen atoms in total. The zero-order chi connectivity index (χ0) is 27.7. The Balaban J connectivity index is 1.93. The fourth-order valence-corrected chi connectivity index (χ4v) is 3.90. The molecule has 1 unspecified atom stereocenters. The third-order valence-corrected chi connectivity index (χ3v) is 5.93. The second kappa shape index (κ2) is 13.2. The Bertz CT molecular complexity index is 1270. The van der Waals surface area contributed by atoms with E-state index in [0.29, 0.717) is 34.1 Å². The number of nitrogens with two attached hydrogens (primary N) is 1. The number of hydrogen-bond donors (Lipinski definition) is 1. The predicted molar refractivity (Wildman–Crippen MR) is 144 cm³/mol.